The molecule has 1 fully saturated rings. The molecule has 0 radical (unpaired) electrons. The van der Waals surface area contributed by atoms with Gasteiger partial charge in [0.05, 0.1) is 11.4 Å². The van der Waals surface area contributed by atoms with E-state index in [-0.39, 0.29) is 5.54 Å². The summed E-state index contributed by atoms with van der Waals surface area (Å²) in [7, 11) is 4.27. The van der Waals surface area contributed by atoms with Gasteiger partial charge in [0.25, 0.3) is 0 Å². The molecule has 1 saturated carbocycles. The molecule has 0 aliphatic heterocycles. The molecular weight excluding hydrogens is 316 g/mol. The average molecular weight is 348 g/mol. The molecule has 1 amide bonds. The molecule has 6 heteroatoms. The van der Waals surface area contributed by atoms with E-state index in [9.17, 15) is 4.79 Å². The number of nitrogens with two attached hydrogens (primary N) is 1. The van der Waals surface area contributed by atoms with Crippen molar-refractivity contribution in [2.45, 2.75) is 57.6 Å². The second-order valence-corrected chi connectivity index (χ2v) is 8.11. The maximum absolute atomic E-state index is 11.9. The van der Waals surface area contributed by atoms with Gasteiger partial charge in [0.1, 0.15) is 5.60 Å². The molecule has 6 nitrogen and oxygen atoms in total. The number of likely N-dealkylation sites (N-methyl/N-ethyl adjacent to an activating group) is 1. The number of rotatable bonds is 5. The van der Waals surface area contributed by atoms with Crippen LogP contribution in [-0.4, -0.2) is 42.8 Å². The van der Waals surface area contributed by atoms with Gasteiger partial charge in [0, 0.05) is 17.8 Å². The van der Waals surface area contributed by atoms with E-state index in [0.29, 0.717) is 11.4 Å². The first kappa shape index (κ1) is 19.4. The molecular formula is C19H32N4O2. The van der Waals surface area contributed by atoms with Crippen molar-refractivity contribution in [3.8, 4) is 0 Å². The Morgan fingerprint density at radius 2 is 1.92 bits per heavy atom. The van der Waals surface area contributed by atoms with E-state index in [1.165, 1.54) is 25.7 Å². The molecule has 0 atom stereocenters. The molecule has 0 saturated heterocycles. The minimum atomic E-state index is -0.528. The third-order valence-electron chi connectivity index (χ3n) is 4.79. The molecule has 1 aliphatic rings. The zero-order valence-corrected chi connectivity index (χ0v) is 16.1. The number of ether oxygens (including phenoxy) is 1. The van der Waals surface area contributed by atoms with Crippen molar-refractivity contribution < 1.29 is 9.53 Å². The van der Waals surface area contributed by atoms with Gasteiger partial charge < -0.3 is 20.7 Å². The summed E-state index contributed by atoms with van der Waals surface area (Å²) in [4.78, 5) is 14.3. The zero-order chi connectivity index (χ0) is 18.7. The van der Waals surface area contributed by atoms with Crippen molar-refractivity contribution in [1.82, 2.24) is 4.90 Å². The minimum absolute atomic E-state index is 0.168. The number of nitrogens with one attached hydrogen (secondary N) is 2. The Bertz CT molecular complexity index is 602. The monoisotopic (exact) mass is 348 g/mol. The molecule has 0 aromatic heterocycles. The first-order chi connectivity index (χ1) is 11.6. The highest BCUT2D eigenvalue weighted by atomic mass is 16.6. The summed E-state index contributed by atoms with van der Waals surface area (Å²) in [5, 5.41) is 6.24. The third-order valence-corrected chi connectivity index (χ3v) is 4.79. The van der Waals surface area contributed by atoms with Crippen LogP contribution in [0.25, 0.3) is 0 Å². The second kappa shape index (κ2) is 7.52. The number of nitrogen functional groups attached to an aromatic ring is 1. The Balaban J connectivity index is 2.05. The molecule has 0 heterocycles. The van der Waals surface area contributed by atoms with Crippen molar-refractivity contribution in [3.63, 3.8) is 0 Å². The molecule has 0 spiro atoms. The largest absolute Gasteiger partial charge is 0.444 e. The Morgan fingerprint density at radius 3 is 2.48 bits per heavy atom. The van der Waals surface area contributed by atoms with Gasteiger partial charge in [-0.2, -0.15) is 0 Å². The highest BCUT2D eigenvalue weighted by molar-refractivity contribution is 5.87. The quantitative estimate of drug-likeness (QED) is 0.703. The third kappa shape index (κ3) is 5.26. The van der Waals surface area contributed by atoms with E-state index in [1.807, 2.05) is 26.8 Å². The molecule has 25 heavy (non-hydrogen) atoms. The van der Waals surface area contributed by atoms with Crippen molar-refractivity contribution in [2.75, 3.05) is 37.0 Å². The molecule has 0 unspecified atom stereocenters. The topological polar surface area (TPSA) is 79.6 Å². The molecule has 1 aromatic carbocycles. The number of hydrogen-bond acceptors (Lipinski definition) is 5. The predicted molar refractivity (Wildman–Crippen MR) is 104 cm³/mol. The average Bonchev–Trinajstić information content (AvgIpc) is 2.96. The molecule has 4 N–H and O–H groups in total. The lowest BCUT2D eigenvalue weighted by molar-refractivity contribution is 0.0636. The van der Waals surface area contributed by atoms with Crippen molar-refractivity contribution in [3.05, 3.63) is 18.2 Å². The summed E-state index contributed by atoms with van der Waals surface area (Å²) in [5.41, 5.74) is 7.91. The van der Waals surface area contributed by atoms with E-state index in [2.05, 4.69) is 29.6 Å². The standard InChI is InChI=1S/C19H32N4O2/c1-18(2,3)25-17(24)22-14-8-9-15(20)16(12-14)21-13-19(23(4)5)10-6-7-11-19/h8-9,12,21H,6-7,10-11,13,20H2,1-5H3,(H,22,24). The fourth-order valence-corrected chi connectivity index (χ4v) is 3.28. The van der Waals surface area contributed by atoms with Gasteiger partial charge in [-0.15, -0.1) is 0 Å². The SMILES string of the molecule is CN(C)C1(CNc2cc(NC(=O)OC(C)(C)C)ccc2N)CCCC1. The highest BCUT2D eigenvalue weighted by Gasteiger charge is 2.35. The number of carbonyl (C=O) groups is 1. The number of benzene rings is 1. The number of anilines is 3. The highest BCUT2D eigenvalue weighted by Crippen LogP contribution is 2.34. The summed E-state index contributed by atoms with van der Waals surface area (Å²) in [6, 6.07) is 5.44. The summed E-state index contributed by atoms with van der Waals surface area (Å²) in [5.74, 6) is 0. The van der Waals surface area contributed by atoms with Crippen LogP contribution in [0.15, 0.2) is 18.2 Å². The zero-order valence-electron chi connectivity index (χ0n) is 16.1. The van der Waals surface area contributed by atoms with Crippen LogP contribution in [0.3, 0.4) is 0 Å². The van der Waals surface area contributed by atoms with Crippen LogP contribution < -0.4 is 16.4 Å². The summed E-state index contributed by atoms with van der Waals surface area (Å²) in [6.07, 6.45) is 4.42. The van der Waals surface area contributed by atoms with Gasteiger partial charge in [0.15, 0.2) is 0 Å². The van der Waals surface area contributed by atoms with Crippen molar-refractivity contribution in [1.29, 1.82) is 0 Å². The summed E-state index contributed by atoms with van der Waals surface area (Å²) >= 11 is 0. The molecule has 2 rings (SSSR count). The van der Waals surface area contributed by atoms with Gasteiger partial charge >= 0.3 is 6.09 Å². The van der Waals surface area contributed by atoms with Gasteiger partial charge in [-0.05, 0) is 65.9 Å². The van der Waals surface area contributed by atoms with Gasteiger partial charge in [-0.1, -0.05) is 12.8 Å². The Labute approximate surface area is 151 Å². The fraction of sp³-hybridized carbons (Fsp3) is 0.632. The number of hydrogen-bond donors (Lipinski definition) is 3. The smallest absolute Gasteiger partial charge is 0.412 e. The first-order valence-corrected chi connectivity index (χ1v) is 8.92. The van der Waals surface area contributed by atoms with E-state index >= 15 is 0 Å². The Hall–Kier alpha value is -1.95. The maximum Gasteiger partial charge on any atom is 0.412 e. The summed E-state index contributed by atoms with van der Waals surface area (Å²) in [6.45, 7) is 6.35. The lowest BCUT2D eigenvalue weighted by Crippen LogP contribution is -2.47. The van der Waals surface area contributed by atoms with Crippen LogP contribution in [0.5, 0.6) is 0 Å². The van der Waals surface area contributed by atoms with Crippen molar-refractivity contribution in [2.24, 2.45) is 0 Å². The fourth-order valence-electron chi connectivity index (χ4n) is 3.28. The number of amides is 1. The van der Waals surface area contributed by atoms with E-state index in [0.717, 1.165) is 12.2 Å². The van der Waals surface area contributed by atoms with Crippen LogP contribution in [0.4, 0.5) is 21.9 Å². The van der Waals surface area contributed by atoms with Gasteiger partial charge in [-0.3, -0.25) is 5.32 Å². The van der Waals surface area contributed by atoms with E-state index < -0.39 is 11.7 Å². The van der Waals surface area contributed by atoms with Gasteiger partial charge in [0.2, 0.25) is 0 Å². The predicted octanol–water partition coefficient (Wildman–Crippen LogP) is 3.90. The number of nitrogens with zero attached hydrogens (tertiary/aromatic N) is 1. The van der Waals surface area contributed by atoms with Gasteiger partial charge in [-0.25, -0.2) is 4.79 Å². The normalized spacial score (nSPS) is 16.7. The summed E-state index contributed by atoms with van der Waals surface area (Å²) < 4.78 is 5.29. The molecule has 0 bridgehead atoms. The van der Waals surface area contributed by atoms with Crippen LogP contribution in [0.1, 0.15) is 46.5 Å². The van der Waals surface area contributed by atoms with E-state index in [1.54, 1.807) is 12.1 Å². The minimum Gasteiger partial charge on any atom is -0.444 e. The van der Waals surface area contributed by atoms with Crippen LogP contribution in [-0.2, 0) is 4.74 Å². The molecule has 1 aliphatic carbocycles. The lowest BCUT2D eigenvalue weighted by atomic mass is 9.96. The number of carbonyl (C=O) groups excluding carboxylic acids is 1. The molecule has 140 valence electrons. The first-order valence-electron chi connectivity index (χ1n) is 8.92. The molecule has 1 aromatic rings. The van der Waals surface area contributed by atoms with Crippen LogP contribution in [0, 0.1) is 0 Å². The van der Waals surface area contributed by atoms with Crippen molar-refractivity contribution >= 4 is 23.2 Å². The second-order valence-electron chi connectivity index (χ2n) is 8.11. The van der Waals surface area contributed by atoms with Crippen LogP contribution in [0.2, 0.25) is 0 Å². The Kier molecular flexibility index (Phi) is 5.83. The van der Waals surface area contributed by atoms with Crippen LogP contribution >= 0.6 is 0 Å². The Morgan fingerprint density at radius 1 is 1.28 bits per heavy atom. The van der Waals surface area contributed by atoms with E-state index in [4.69, 9.17) is 10.5 Å². The lowest BCUT2D eigenvalue weighted by Gasteiger charge is -2.37. The maximum atomic E-state index is 11.9.